The summed E-state index contributed by atoms with van der Waals surface area (Å²) in [4.78, 5) is 25.0. The van der Waals surface area contributed by atoms with E-state index in [1.807, 2.05) is 0 Å². The molecule has 1 amide bonds. The van der Waals surface area contributed by atoms with Gasteiger partial charge < -0.3 is 14.5 Å². The van der Waals surface area contributed by atoms with Gasteiger partial charge in [0, 0.05) is 21.3 Å². The van der Waals surface area contributed by atoms with E-state index in [0.717, 1.165) is 0 Å². The maximum Gasteiger partial charge on any atom is 0.375 e. The van der Waals surface area contributed by atoms with Gasteiger partial charge in [-0.3, -0.25) is 4.79 Å². The Morgan fingerprint density at radius 3 is 2.27 bits per heavy atom. The lowest BCUT2D eigenvalue weighted by molar-refractivity contribution is -0.125. The molecule has 3 rings (SSSR count). The zero-order chi connectivity index (χ0) is 18.5. The van der Waals surface area contributed by atoms with Crippen molar-refractivity contribution in [1.29, 1.82) is 0 Å². The minimum Gasteiger partial charge on any atom is -0.457 e. The van der Waals surface area contributed by atoms with E-state index >= 15 is 0 Å². The number of ether oxygens (including phenoxy) is 1. The number of esters is 1. The van der Waals surface area contributed by atoms with Crippen molar-refractivity contribution in [1.82, 2.24) is 0 Å². The number of benzene rings is 2. The highest BCUT2D eigenvalue weighted by Gasteiger charge is 2.27. The second kappa shape index (κ2) is 8.08. The largest absolute Gasteiger partial charge is 0.457 e. The van der Waals surface area contributed by atoms with Gasteiger partial charge >= 0.3 is 5.97 Å². The number of rotatable bonds is 5. The van der Waals surface area contributed by atoms with E-state index < -0.39 is 18.0 Å². The molecule has 7 heteroatoms. The van der Waals surface area contributed by atoms with Crippen LogP contribution < -0.4 is 5.32 Å². The molecule has 0 saturated heterocycles. The third-order valence-corrected chi connectivity index (χ3v) is 3.85. The lowest BCUT2D eigenvalue weighted by atomic mass is 10.1. The van der Waals surface area contributed by atoms with E-state index in [-0.39, 0.29) is 5.76 Å². The first-order chi connectivity index (χ1) is 12.5. The van der Waals surface area contributed by atoms with Gasteiger partial charge in [-0.25, -0.2) is 4.79 Å². The van der Waals surface area contributed by atoms with Crippen LogP contribution >= 0.6 is 23.2 Å². The van der Waals surface area contributed by atoms with Crippen LogP contribution in [0.2, 0.25) is 10.0 Å². The molecule has 132 valence electrons. The average Bonchev–Trinajstić information content (AvgIpc) is 3.14. The minimum absolute atomic E-state index is 0.00420. The molecule has 1 heterocycles. The van der Waals surface area contributed by atoms with Crippen molar-refractivity contribution >= 4 is 40.8 Å². The van der Waals surface area contributed by atoms with Crippen molar-refractivity contribution in [3.05, 3.63) is 88.3 Å². The van der Waals surface area contributed by atoms with Gasteiger partial charge in [0.15, 0.2) is 0 Å². The maximum absolute atomic E-state index is 12.7. The molecule has 26 heavy (non-hydrogen) atoms. The molecule has 1 aromatic heterocycles. The standard InChI is InChI=1S/C19H13Cl2NO4/c20-13-9-14(21)11-15(10-13)22-18(23)17(12-5-2-1-3-6-12)26-19(24)16-7-4-8-25-16/h1-11,17H,(H,22,23). The summed E-state index contributed by atoms with van der Waals surface area (Å²) < 4.78 is 10.4. The van der Waals surface area contributed by atoms with E-state index in [9.17, 15) is 9.59 Å². The Bertz CT molecular complexity index is 890. The first-order valence-corrected chi connectivity index (χ1v) is 8.35. The smallest absolute Gasteiger partial charge is 0.375 e. The van der Waals surface area contributed by atoms with Crippen LogP contribution in [0, 0.1) is 0 Å². The third kappa shape index (κ3) is 4.45. The fourth-order valence-corrected chi connectivity index (χ4v) is 2.82. The topological polar surface area (TPSA) is 68.5 Å². The number of amides is 1. The highest BCUT2D eigenvalue weighted by molar-refractivity contribution is 6.35. The number of hydrogen-bond acceptors (Lipinski definition) is 4. The fourth-order valence-electron chi connectivity index (χ4n) is 2.29. The second-order valence-electron chi connectivity index (χ2n) is 5.32. The summed E-state index contributed by atoms with van der Waals surface area (Å²) in [5, 5.41) is 3.40. The molecular formula is C19H13Cl2NO4. The van der Waals surface area contributed by atoms with Gasteiger partial charge in [0.1, 0.15) is 0 Å². The minimum atomic E-state index is -1.17. The number of carbonyl (C=O) groups excluding carboxylic acids is 2. The van der Waals surface area contributed by atoms with Crippen molar-refractivity contribution in [2.45, 2.75) is 6.10 Å². The SMILES string of the molecule is O=C(OC(C(=O)Nc1cc(Cl)cc(Cl)c1)c1ccccc1)c1ccco1. The van der Waals surface area contributed by atoms with Crippen LogP contribution in [0.3, 0.4) is 0 Å². The van der Waals surface area contributed by atoms with Crippen molar-refractivity contribution in [2.24, 2.45) is 0 Å². The summed E-state index contributed by atoms with van der Waals surface area (Å²) in [7, 11) is 0. The Hall–Kier alpha value is -2.76. The first-order valence-electron chi connectivity index (χ1n) is 7.59. The molecule has 0 spiro atoms. The third-order valence-electron chi connectivity index (χ3n) is 3.42. The van der Waals surface area contributed by atoms with Crippen LogP contribution in [0.25, 0.3) is 0 Å². The van der Waals surface area contributed by atoms with Gasteiger partial charge in [-0.05, 0) is 30.3 Å². The van der Waals surface area contributed by atoms with Crippen LogP contribution in [0.4, 0.5) is 5.69 Å². The number of furan rings is 1. The quantitative estimate of drug-likeness (QED) is 0.614. The zero-order valence-corrected chi connectivity index (χ0v) is 14.8. The van der Waals surface area contributed by atoms with Crippen molar-refractivity contribution < 1.29 is 18.7 Å². The molecular weight excluding hydrogens is 377 g/mol. The van der Waals surface area contributed by atoms with Gasteiger partial charge in [-0.15, -0.1) is 0 Å². The summed E-state index contributed by atoms with van der Waals surface area (Å²) >= 11 is 11.9. The van der Waals surface area contributed by atoms with Crippen molar-refractivity contribution in [3.8, 4) is 0 Å². The monoisotopic (exact) mass is 389 g/mol. The number of carbonyl (C=O) groups is 2. The van der Waals surface area contributed by atoms with Crippen molar-refractivity contribution in [3.63, 3.8) is 0 Å². The summed E-state index contributed by atoms with van der Waals surface area (Å²) in [5.41, 5.74) is 0.903. The molecule has 0 aliphatic rings. The number of anilines is 1. The van der Waals surface area contributed by atoms with Gasteiger partial charge in [-0.2, -0.15) is 0 Å². The van der Waals surface area contributed by atoms with Crippen LogP contribution in [-0.4, -0.2) is 11.9 Å². The molecule has 0 saturated carbocycles. The van der Waals surface area contributed by atoms with Gasteiger partial charge in [0.05, 0.1) is 6.26 Å². The fraction of sp³-hybridized carbons (Fsp3) is 0.0526. The number of halogens is 2. The molecule has 5 nitrogen and oxygen atoms in total. The van der Waals surface area contributed by atoms with Crippen LogP contribution in [-0.2, 0) is 9.53 Å². The maximum atomic E-state index is 12.7. The van der Waals surface area contributed by atoms with Gasteiger partial charge in [-0.1, -0.05) is 53.5 Å². The predicted octanol–water partition coefficient (Wildman–Crippen LogP) is 5.12. The van der Waals surface area contributed by atoms with Gasteiger partial charge in [0.2, 0.25) is 11.9 Å². The second-order valence-corrected chi connectivity index (χ2v) is 6.19. The summed E-state index contributed by atoms with van der Waals surface area (Å²) in [6.45, 7) is 0. The van der Waals surface area contributed by atoms with E-state index in [2.05, 4.69) is 5.32 Å². The van der Waals surface area contributed by atoms with Gasteiger partial charge in [0.25, 0.3) is 5.91 Å². The first kappa shape index (κ1) is 18.0. The lowest BCUT2D eigenvalue weighted by Crippen LogP contribution is -2.25. The summed E-state index contributed by atoms with van der Waals surface area (Å²) in [5.74, 6) is -1.29. The molecule has 0 bridgehead atoms. The average molecular weight is 390 g/mol. The summed E-state index contributed by atoms with van der Waals surface area (Å²) in [6, 6.07) is 16.3. The highest BCUT2D eigenvalue weighted by Crippen LogP contribution is 2.25. The Morgan fingerprint density at radius 1 is 0.962 bits per heavy atom. The Kier molecular flexibility index (Phi) is 5.61. The number of nitrogens with one attached hydrogen (secondary N) is 1. The van der Waals surface area contributed by atoms with Crippen LogP contribution in [0.1, 0.15) is 22.2 Å². The molecule has 0 aliphatic heterocycles. The Labute approximate surface area is 159 Å². The van der Waals surface area contributed by atoms with E-state index in [4.69, 9.17) is 32.4 Å². The number of hydrogen-bond donors (Lipinski definition) is 1. The van der Waals surface area contributed by atoms with E-state index in [1.165, 1.54) is 12.3 Å². The molecule has 0 aliphatic carbocycles. The molecule has 0 fully saturated rings. The lowest BCUT2D eigenvalue weighted by Gasteiger charge is -2.17. The molecule has 0 radical (unpaired) electrons. The normalized spacial score (nSPS) is 11.6. The Morgan fingerprint density at radius 2 is 1.65 bits per heavy atom. The molecule has 3 aromatic rings. The highest BCUT2D eigenvalue weighted by atomic mass is 35.5. The van der Waals surface area contributed by atoms with Crippen molar-refractivity contribution in [2.75, 3.05) is 5.32 Å². The van der Waals surface area contributed by atoms with E-state index in [1.54, 1.807) is 54.6 Å². The molecule has 1 N–H and O–H groups in total. The predicted molar refractivity (Wildman–Crippen MR) is 98.4 cm³/mol. The molecule has 2 aromatic carbocycles. The molecule has 1 unspecified atom stereocenters. The zero-order valence-electron chi connectivity index (χ0n) is 13.3. The van der Waals surface area contributed by atoms with Crippen LogP contribution in [0.5, 0.6) is 0 Å². The van der Waals surface area contributed by atoms with Crippen LogP contribution in [0.15, 0.2) is 71.3 Å². The molecule has 1 atom stereocenters. The summed E-state index contributed by atoms with van der Waals surface area (Å²) in [6.07, 6.45) is 0.175. The Balaban J connectivity index is 1.85. The van der Waals surface area contributed by atoms with E-state index in [0.29, 0.717) is 21.3 Å².